The van der Waals surface area contributed by atoms with Gasteiger partial charge < -0.3 is 5.32 Å². The van der Waals surface area contributed by atoms with E-state index in [9.17, 15) is 0 Å². The van der Waals surface area contributed by atoms with Crippen LogP contribution in [-0.2, 0) is 0 Å². The molecule has 0 saturated carbocycles. The van der Waals surface area contributed by atoms with Gasteiger partial charge in [-0.1, -0.05) is 13.8 Å². The van der Waals surface area contributed by atoms with Crippen LogP contribution in [0.5, 0.6) is 0 Å². The smallest absolute Gasteiger partial charge is 0.121 e. The maximum atomic E-state index is 3.51. The fourth-order valence-electron chi connectivity index (χ4n) is 2.10. The van der Waals surface area contributed by atoms with Gasteiger partial charge in [-0.3, -0.25) is 5.01 Å². The first kappa shape index (κ1) is 9.59. The van der Waals surface area contributed by atoms with Crippen LogP contribution in [0.4, 0.5) is 0 Å². The highest BCUT2D eigenvalue weighted by molar-refractivity contribution is 5.28. The maximum Gasteiger partial charge on any atom is 0.121 e. The van der Waals surface area contributed by atoms with Crippen molar-refractivity contribution >= 4 is 0 Å². The number of nitrogens with zero attached hydrogens (tertiary/aromatic N) is 1. The van der Waals surface area contributed by atoms with Crippen molar-refractivity contribution < 1.29 is 0 Å². The van der Waals surface area contributed by atoms with Crippen LogP contribution in [0, 0.1) is 5.92 Å². The molecule has 2 aliphatic heterocycles. The number of allylic oxidation sites excluding steroid dienone is 1. The Morgan fingerprint density at radius 1 is 1.50 bits per heavy atom. The molecule has 0 aliphatic carbocycles. The summed E-state index contributed by atoms with van der Waals surface area (Å²) in [5.41, 5.74) is 6.16. The van der Waals surface area contributed by atoms with E-state index < -0.39 is 0 Å². The molecule has 3 heteroatoms. The molecule has 14 heavy (non-hydrogen) atoms. The predicted octanol–water partition coefficient (Wildman–Crippen LogP) is 1.57. The second kappa shape index (κ2) is 3.31. The minimum absolute atomic E-state index is 0.440. The van der Waals surface area contributed by atoms with Crippen LogP contribution in [-0.4, -0.2) is 17.6 Å². The normalized spacial score (nSPS) is 26.5. The van der Waals surface area contributed by atoms with Crippen molar-refractivity contribution in [3.05, 3.63) is 23.2 Å². The van der Waals surface area contributed by atoms with Crippen LogP contribution in [0.15, 0.2) is 23.2 Å². The van der Waals surface area contributed by atoms with Crippen molar-refractivity contribution in [2.45, 2.75) is 33.7 Å². The summed E-state index contributed by atoms with van der Waals surface area (Å²) in [5.74, 6) is 1.88. The van der Waals surface area contributed by atoms with E-state index in [2.05, 4.69) is 49.5 Å². The van der Waals surface area contributed by atoms with Gasteiger partial charge in [0.15, 0.2) is 0 Å². The Balaban J connectivity index is 2.34. The van der Waals surface area contributed by atoms with Crippen molar-refractivity contribution in [3.63, 3.8) is 0 Å². The molecule has 0 aromatic heterocycles. The van der Waals surface area contributed by atoms with E-state index in [-0.39, 0.29) is 0 Å². The maximum absolute atomic E-state index is 3.51. The lowest BCUT2D eigenvalue weighted by atomic mass is 10.0. The number of hydrogen-bond acceptors (Lipinski definition) is 3. The molecule has 1 atom stereocenters. The largest absolute Gasteiger partial charge is 0.364 e. The fourth-order valence-corrected chi connectivity index (χ4v) is 2.10. The number of nitrogens with one attached hydrogen (secondary N) is 2. The van der Waals surface area contributed by atoms with Gasteiger partial charge in [0.25, 0.3) is 0 Å². The van der Waals surface area contributed by atoms with E-state index in [1.807, 2.05) is 0 Å². The van der Waals surface area contributed by atoms with Crippen LogP contribution in [0.1, 0.15) is 27.7 Å². The number of fused-ring (bicyclic) bond motifs is 1. The summed E-state index contributed by atoms with van der Waals surface area (Å²) in [7, 11) is 0. The van der Waals surface area contributed by atoms with Crippen LogP contribution in [0.2, 0.25) is 0 Å². The zero-order chi connectivity index (χ0) is 10.3. The summed E-state index contributed by atoms with van der Waals surface area (Å²) in [6, 6.07) is 0.440. The molecule has 0 radical (unpaired) electrons. The minimum Gasteiger partial charge on any atom is -0.364 e. The van der Waals surface area contributed by atoms with E-state index in [0.717, 1.165) is 6.54 Å². The van der Waals surface area contributed by atoms with Crippen molar-refractivity contribution in [2.24, 2.45) is 5.92 Å². The highest BCUT2D eigenvalue weighted by atomic mass is 15.6. The van der Waals surface area contributed by atoms with Crippen molar-refractivity contribution in [3.8, 4) is 0 Å². The predicted molar refractivity (Wildman–Crippen MR) is 58.1 cm³/mol. The van der Waals surface area contributed by atoms with Gasteiger partial charge in [0.05, 0.1) is 0 Å². The van der Waals surface area contributed by atoms with Gasteiger partial charge >= 0.3 is 0 Å². The lowest BCUT2D eigenvalue weighted by Crippen LogP contribution is -2.42. The molecular weight excluding hydrogens is 174 g/mol. The standard InChI is InChI=1S/C11H19N3/c1-7(2)10-6-12-14-9(4)5-8(3)13-11(10)14/h5,7-8,12-13H,6H2,1-4H3. The molecule has 2 rings (SSSR count). The molecule has 78 valence electrons. The molecular formula is C11H19N3. The first-order valence-corrected chi connectivity index (χ1v) is 5.31. The molecule has 0 fully saturated rings. The molecule has 0 bridgehead atoms. The van der Waals surface area contributed by atoms with Crippen LogP contribution >= 0.6 is 0 Å². The molecule has 0 amide bonds. The van der Waals surface area contributed by atoms with E-state index in [1.165, 1.54) is 17.1 Å². The molecule has 1 unspecified atom stereocenters. The molecule has 3 nitrogen and oxygen atoms in total. The molecule has 2 N–H and O–H groups in total. The van der Waals surface area contributed by atoms with Crippen molar-refractivity contribution in [2.75, 3.05) is 6.54 Å². The number of hydrazine groups is 1. The monoisotopic (exact) mass is 193 g/mol. The van der Waals surface area contributed by atoms with E-state index in [0.29, 0.717) is 12.0 Å². The molecule has 0 saturated heterocycles. The quantitative estimate of drug-likeness (QED) is 0.662. The second-order valence-electron chi connectivity index (χ2n) is 4.44. The first-order chi connectivity index (χ1) is 6.59. The fraction of sp³-hybridized carbons (Fsp3) is 0.636. The zero-order valence-electron chi connectivity index (χ0n) is 9.39. The third-order valence-electron chi connectivity index (χ3n) is 2.86. The van der Waals surface area contributed by atoms with Gasteiger partial charge in [-0.25, -0.2) is 5.43 Å². The lowest BCUT2D eigenvalue weighted by molar-refractivity contribution is 0.310. The van der Waals surface area contributed by atoms with Crippen LogP contribution < -0.4 is 10.7 Å². The Kier molecular flexibility index (Phi) is 2.27. The summed E-state index contributed by atoms with van der Waals surface area (Å²) in [6.07, 6.45) is 2.24. The van der Waals surface area contributed by atoms with Gasteiger partial charge in [-0.15, -0.1) is 0 Å². The summed E-state index contributed by atoms with van der Waals surface area (Å²) in [5, 5.41) is 5.67. The minimum atomic E-state index is 0.440. The SMILES string of the molecule is CC1=CC(C)NC2=C(C(C)C)CNN12. The second-order valence-corrected chi connectivity index (χ2v) is 4.44. The summed E-state index contributed by atoms with van der Waals surface area (Å²) >= 11 is 0. The topological polar surface area (TPSA) is 27.3 Å². The highest BCUT2D eigenvalue weighted by Gasteiger charge is 2.28. The van der Waals surface area contributed by atoms with Crippen LogP contribution in [0.3, 0.4) is 0 Å². The van der Waals surface area contributed by atoms with Crippen molar-refractivity contribution in [1.29, 1.82) is 0 Å². The Morgan fingerprint density at radius 3 is 2.86 bits per heavy atom. The van der Waals surface area contributed by atoms with Gasteiger partial charge in [0, 0.05) is 18.3 Å². The summed E-state index contributed by atoms with van der Waals surface area (Å²) in [4.78, 5) is 0. The third kappa shape index (κ3) is 1.42. The average Bonchev–Trinajstić information content (AvgIpc) is 2.47. The van der Waals surface area contributed by atoms with Gasteiger partial charge in [-0.2, -0.15) is 0 Å². The van der Waals surface area contributed by atoms with E-state index >= 15 is 0 Å². The van der Waals surface area contributed by atoms with E-state index in [1.54, 1.807) is 0 Å². The van der Waals surface area contributed by atoms with Crippen molar-refractivity contribution in [1.82, 2.24) is 15.8 Å². The lowest BCUT2D eigenvalue weighted by Gasteiger charge is -2.31. The Hall–Kier alpha value is -0.960. The Bertz CT molecular complexity index is 302. The van der Waals surface area contributed by atoms with E-state index in [4.69, 9.17) is 0 Å². The molecule has 2 heterocycles. The van der Waals surface area contributed by atoms with Gasteiger partial charge in [-0.05, 0) is 31.4 Å². The third-order valence-corrected chi connectivity index (χ3v) is 2.86. The molecule has 2 aliphatic rings. The molecule has 0 aromatic carbocycles. The number of rotatable bonds is 1. The average molecular weight is 193 g/mol. The Labute approximate surface area is 85.8 Å². The Morgan fingerprint density at radius 2 is 2.21 bits per heavy atom. The zero-order valence-corrected chi connectivity index (χ0v) is 9.39. The summed E-state index contributed by atoms with van der Waals surface area (Å²) in [6.45, 7) is 9.79. The van der Waals surface area contributed by atoms with Crippen LogP contribution in [0.25, 0.3) is 0 Å². The number of hydrogen-bond donors (Lipinski definition) is 2. The van der Waals surface area contributed by atoms with Gasteiger partial charge in [0.1, 0.15) is 5.82 Å². The first-order valence-electron chi connectivity index (χ1n) is 5.31. The molecule has 0 spiro atoms. The van der Waals surface area contributed by atoms with Gasteiger partial charge in [0.2, 0.25) is 0 Å². The highest BCUT2D eigenvalue weighted by Crippen LogP contribution is 2.26. The summed E-state index contributed by atoms with van der Waals surface area (Å²) < 4.78 is 0. The molecule has 0 aromatic rings.